The van der Waals surface area contributed by atoms with Crippen molar-refractivity contribution in [3.8, 4) is 5.75 Å². The molecule has 0 aliphatic carbocycles. The van der Waals surface area contributed by atoms with Crippen molar-refractivity contribution in [3.05, 3.63) is 65.7 Å². The smallest absolute Gasteiger partial charge is 0.308 e. The van der Waals surface area contributed by atoms with Crippen molar-refractivity contribution in [2.75, 3.05) is 32.9 Å². The number of hydrogen-bond donors (Lipinski definition) is 1. The maximum absolute atomic E-state index is 13.3. The molecule has 2 heterocycles. The summed E-state index contributed by atoms with van der Waals surface area (Å²) in [7, 11) is 0. The highest BCUT2D eigenvalue weighted by Gasteiger charge is 2.52. The first kappa shape index (κ1) is 20.4. The Morgan fingerprint density at radius 3 is 2.50 bits per heavy atom. The summed E-state index contributed by atoms with van der Waals surface area (Å²) >= 11 is 0. The molecule has 0 saturated carbocycles. The lowest BCUT2D eigenvalue weighted by molar-refractivity contribution is -0.146. The van der Waals surface area contributed by atoms with Crippen LogP contribution >= 0.6 is 0 Å². The van der Waals surface area contributed by atoms with Crippen LogP contribution in [0.5, 0.6) is 5.75 Å². The number of para-hydroxylation sites is 1. The monoisotopic (exact) mass is 409 g/mol. The van der Waals surface area contributed by atoms with Crippen LogP contribution in [0.3, 0.4) is 0 Å². The van der Waals surface area contributed by atoms with Gasteiger partial charge in [0.1, 0.15) is 5.75 Å². The van der Waals surface area contributed by atoms with E-state index in [0.717, 1.165) is 6.42 Å². The van der Waals surface area contributed by atoms with E-state index in [2.05, 4.69) is 0 Å². The largest absolute Gasteiger partial charge is 0.492 e. The molecule has 1 N–H and O–H groups in total. The van der Waals surface area contributed by atoms with Crippen LogP contribution in [0.15, 0.2) is 54.6 Å². The zero-order chi connectivity index (χ0) is 21.0. The Labute approximate surface area is 176 Å². The number of carboxylic acid groups (broad SMARTS) is 1. The van der Waals surface area contributed by atoms with Gasteiger partial charge in [-0.3, -0.25) is 9.59 Å². The molecule has 0 bridgehead atoms. The lowest BCUT2D eigenvalue weighted by atomic mass is 9.72. The second kappa shape index (κ2) is 8.88. The van der Waals surface area contributed by atoms with Crippen molar-refractivity contribution in [3.63, 3.8) is 0 Å². The van der Waals surface area contributed by atoms with E-state index in [4.69, 9.17) is 9.47 Å². The van der Waals surface area contributed by atoms with Crippen molar-refractivity contribution in [2.45, 2.75) is 19.3 Å². The van der Waals surface area contributed by atoms with Crippen LogP contribution in [0.4, 0.5) is 0 Å². The normalized spacial score (nSPS) is 20.3. The number of nitrogens with zero attached hydrogens (tertiary/aromatic N) is 1. The predicted octanol–water partition coefficient (Wildman–Crippen LogP) is 3.26. The van der Waals surface area contributed by atoms with E-state index in [1.165, 1.54) is 5.56 Å². The van der Waals surface area contributed by atoms with Crippen LogP contribution in [0.1, 0.15) is 28.8 Å². The van der Waals surface area contributed by atoms with E-state index in [-0.39, 0.29) is 12.5 Å². The zero-order valence-electron chi connectivity index (χ0n) is 17.0. The van der Waals surface area contributed by atoms with Crippen LogP contribution in [0.25, 0.3) is 0 Å². The first-order valence-electron chi connectivity index (χ1n) is 10.4. The van der Waals surface area contributed by atoms with Crippen LogP contribution in [-0.2, 0) is 16.0 Å². The van der Waals surface area contributed by atoms with E-state index in [9.17, 15) is 14.7 Å². The van der Waals surface area contributed by atoms with Crippen molar-refractivity contribution in [1.29, 1.82) is 0 Å². The quantitative estimate of drug-likeness (QED) is 0.793. The van der Waals surface area contributed by atoms with E-state index in [0.29, 0.717) is 50.5 Å². The van der Waals surface area contributed by atoms with Gasteiger partial charge in [-0.05, 0) is 30.5 Å². The number of likely N-dealkylation sites (tertiary alicyclic amines) is 1. The van der Waals surface area contributed by atoms with Gasteiger partial charge in [0.15, 0.2) is 0 Å². The molecule has 30 heavy (non-hydrogen) atoms. The summed E-state index contributed by atoms with van der Waals surface area (Å²) in [5.41, 5.74) is 1.26. The SMILES string of the molecule is O=C(O)C1CN(C(=O)c2ccccc2OCCc2ccccc2)CC12CCOCC2. The van der Waals surface area contributed by atoms with Crippen molar-refractivity contribution in [1.82, 2.24) is 4.90 Å². The highest BCUT2D eigenvalue weighted by Crippen LogP contribution is 2.45. The third-order valence-electron chi connectivity index (χ3n) is 6.33. The maximum atomic E-state index is 13.3. The second-order valence-electron chi connectivity index (χ2n) is 8.13. The molecule has 6 nitrogen and oxygen atoms in total. The van der Waals surface area contributed by atoms with Crippen molar-refractivity contribution < 1.29 is 24.2 Å². The summed E-state index contributed by atoms with van der Waals surface area (Å²) in [5, 5.41) is 9.78. The summed E-state index contributed by atoms with van der Waals surface area (Å²) in [6, 6.07) is 17.3. The minimum absolute atomic E-state index is 0.167. The van der Waals surface area contributed by atoms with Crippen LogP contribution in [0, 0.1) is 11.3 Å². The number of amides is 1. The van der Waals surface area contributed by atoms with Gasteiger partial charge in [-0.25, -0.2) is 0 Å². The van der Waals surface area contributed by atoms with Gasteiger partial charge < -0.3 is 19.5 Å². The summed E-state index contributed by atoms with van der Waals surface area (Å²) in [5.74, 6) is -1.02. The molecule has 2 saturated heterocycles. The van der Waals surface area contributed by atoms with Gasteiger partial charge in [-0.15, -0.1) is 0 Å². The Morgan fingerprint density at radius 2 is 1.77 bits per heavy atom. The summed E-state index contributed by atoms with van der Waals surface area (Å²) in [6.45, 7) is 2.24. The second-order valence-corrected chi connectivity index (χ2v) is 8.13. The third-order valence-corrected chi connectivity index (χ3v) is 6.33. The van der Waals surface area contributed by atoms with E-state index in [1.54, 1.807) is 17.0 Å². The third kappa shape index (κ3) is 4.19. The molecule has 2 aliphatic heterocycles. The molecule has 4 rings (SSSR count). The average Bonchev–Trinajstić information content (AvgIpc) is 3.14. The minimum atomic E-state index is -0.834. The number of rotatable bonds is 6. The fourth-order valence-corrected chi connectivity index (χ4v) is 4.61. The zero-order valence-corrected chi connectivity index (χ0v) is 17.0. The van der Waals surface area contributed by atoms with Gasteiger partial charge in [-0.2, -0.15) is 0 Å². The fourth-order valence-electron chi connectivity index (χ4n) is 4.61. The molecule has 158 valence electrons. The number of hydrogen-bond acceptors (Lipinski definition) is 4. The highest BCUT2D eigenvalue weighted by atomic mass is 16.5. The number of benzene rings is 2. The summed E-state index contributed by atoms with van der Waals surface area (Å²) in [4.78, 5) is 26.9. The number of ether oxygens (including phenoxy) is 2. The Morgan fingerprint density at radius 1 is 1.07 bits per heavy atom. The Hall–Kier alpha value is -2.86. The Bertz CT molecular complexity index is 891. The maximum Gasteiger partial charge on any atom is 0.308 e. The average molecular weight is 409 g/mol. The van der Waals surface area contributed by atoms with E-state index in [1.807, 2.05) is 42.5 Å². The number of carbonyl (C=O) groups excluding carboxylic acids is 1. The molecule has 1 atom stereocenters. The molecule has 2 aromatic rings. The van der Waals surface area contributed by atoms with Crippen LogP contribution < -0.4 is 4.74 Å². The van der Waals surface area contributed by atoms with Crippen LogP contribution in [0.2, 0.25) is 0 Å². The lowest BCUT2D eigenvalue weighted by Gasteiger charge is -2.36. The topological polar surface area (TPSA) is 76.1 Å². The van der Waals surface area contributed by atoms with E-state index < -0.39 is 17.3 Å². The molecule has 0 aromatic heterocycles. The Kier molecular flexibility index (Phi) is 6.04. The first-order valence-corrected chi connectivity index (χ1v) is 10.4. The Balaban J connectivity index is 1.47. The van der Waals surface area contributed by atoms with Crippen molar-refractivity contribution >= 4 is 11.9 Å². The molecule has 0 radical (unpaired) electrons. The molecule has 2 aromatic carbocycles. The number of carboxylic acids is 1. The first-order chi connectivity index (χ1) is 14.6. The number of carbonyl (C=O) groups is 2. The molecule has 6 heteroatoms. The lowest BCUT2D eigenvalue weighted by Crippen LogP contribution is -2.40. The molecule has 2 fully saturated rings. The highest BCUT2D eigenvalue weighted by molar-refractivity contribution is 5.97. The fraction of sp³-hybridized carbons (Fsp3) is 0.417. The minimum Gasteiger partial charge on any atom is -0.492 e. The molecular weight excluding hydrogens is 382 g/mol. The van der Waals surface area contributed by atoms with E-state index >= 15 is 0 Å². The van der Waals surface area contributed by atoms with Gasteiger partial charge >= 0.3 is 5.97 Å². The molecule has 1 unspecified atom stereocenters. The molecule has 1 amide bonds. The van der Waals surface area contributed by atoms with Crippen LogP contribution in [-0.4, -0.2) is 54.8 Å². The number of aliphatic carboxylic acids is 1. The van der Waals surface area contributed by atoms with Crippen molar-refractivity contribution in [2.24, 2.45) is 11.3 Å². The summed E-state index contributed by atoms with van der Waals surface area (Å²) in [6.07, 6.45) is 2.09. The molecule has 1 spiro atoms. The molecule has 2 aliphatic rings. The van der Waals surface area contributed by atoms with Gasteiger partial charge in [0.05, 0.1) is 18.1 Å². The van der Waals surface area contributed by atoms with Gasteiger partial charge in [-0.1, -0.05) is 42.5 Å². The molecular formula is C24H27NO5. The van der Waals surface area contributed by atoms with Gasteiger partial charge in [0.25, 0.3) is 5.91 Å². The van der Waals surface area contributed by atoms with Gasteiger partial charge in [0, 0.05) is 38.1 Å². The predicted molar refractivity (Wildman–Crippen MR) is 112 cm³/mol. The standard InChI is InChI=1S/C24H27NO5/c26-22(25-16-20(23(27)28)24(17-25)11-14-29-15-12-24)19-8-4-5-9-21(19)30-13-10-18-6-2-1-3-7-18/h1-9,20H,10-17H2,(H,27,28). The van der Waals surface area contributed by atoms with Gasteiger partial charge in [0.2, 0.25) is 0 Å². The summed E-state index contributed by atoms with van der Waals surface area (Å²) < 4.78 is 11.4.